The normalized spacial score (nSPS) is 11.2. The second-order valence-electron chi connectivity index (χ2n) is 7.27. The zero-order chi connectivity index (χ0) is 19.7. The molecule has 0 amide bonds. The van der Waals surface area contributed by atoms with Crippen LogP contribution in [-0.4, -0.2) is 17.1 Å². The number of hydrogen-bond donors (Lipinski definition) is 0. The van der Waals surface area contributed by atoms with Gasteiger partial charge in [-0.05, 0) is 49.1 Å². The number of esters is 1. The fourth-order valence-corrected chi connectivity index (χ4v) is 4.17. The van der Waals surface area contributed by atoms with Crippen molar-refractivity contribution in [2.45, 2.75) is 33.7 Å². The summed E-state index contributed by atoms with van der Waals surface area (Å²) < 4.78 is 7.58. The minimum atomic E-state index is -0.171. The Morgan fingerprint density at radius 1 is 1.00 bits per heavy atom. The molecule has 0 unspecified atom stereocenters. The van der Waals surface area contributed by atoms with Crippen molar-refractivity contribution < 1.29 is 9.53 Å². The van der Waals surface area contributed by atoms with Gasteiger partial charge in [-0.3, -0.25) is 4.79 Å². The van der Waals surface area contributed by atoms with Crippen molar-refractivity contribution in [1.82, 2.24) is 4.57 Å². The molecule has 0 saturated carbocycles. The summed E-state index contributed by atoms with van der Waals surface area (Å²) in [5, 5.41) is 2.54. The van der Waals surface area contributed by atoms with Crippen LogP contribution in [0.1, 0.15) is 29.2 Å². The van der Waals surface area contributed by atoms with Crippen molar-refractivity contribution in [1.29, 1.82) is 0 Å². The second kappa shape index (κ2) is 7.51. The number of aromatic nitrogens is 1. The molecular formula is C25H25NO2. The Kier molecular flexibility index (Phi) is 4.91. The van der Waals surface area contributed by atoms with Crippen molar-refractivity contribution >= 4 is 27.8 Å². The van der Waals surface area contributed by atoms with Gasteiger partial charge in [0.1, 0.15) is 0 Å². The number of para-hydroxylation sites is 1. The van der Waals surface area contributed by atoms with Crippen molar-refractivity contribution in [2.75, 3.05) is 6.61 Å². The highest BCUT2D eigenvalue weighted by Crippen LogP contribution is 2.35. The molecule has 0 N–H and O–H groups in total. The topological polar surface area (TPSA) is 31.2 Å². The number of carbonyl (C=O) groups excluding carboxylic acids is 1. The van der Waals surface area contributed by atoms with Gasteiger partial charge in [-0.2, -0.15) is 0 Å². The van der Waals surface area contributed by atoms with E-state index in [-0.39, 0.29) is 5.97 Å². The summed E-state index contributed by atoms with van der Waals surface area (Å²) in [7, 11) is 0. The van der Waals surface area contributed by atoms with E-state index < -0.39 is 0 Å². The van der Waals surface area contributed by atoms with E-state index in [4.69, 9.17) is 4.74 Å². The highest BCUT2D eigenvalue weighted by atomic mass is 16.5. The molecule has 0 bridgehead atoms. The van der Waals surface area contributed by atoms with Crippen LogP contribution in [0.3, 0.4) is 0 Å². The van der Waals surface area contributed by atoms with E-state index >= 15 is 0 Å². The van der Waals surface area contributed by atoms with Gasteiger partial charge in [0, 0.05) is 22.8 Å². The lowest BCUT2D eigenvalue weighted by molar-refractivity contribution is -0.142. The minimum absolute atomic E-state index is 0.171. The van der Waals surface area contributed by atoms with Crippen molar-refractivity contribution in [3.63, 3.8) is 0 Å². The molecule has 0 radical (unpaired) electrons. The molecule has 3 heteroatoms. The number of nitrogens with zero attached hydrogens (tertiary/aromatic N) is 1. The zero-order valence-corrected chi connectivity index (χ0v) is 16.7. The van der Waals surface area contributed by atoms with Crippen LogP contribution in [0, 0.1) is 13.8 Å². The molecular weight excluding hydrogens is 346 g/mol. The highest BCUT2D eigenvalue weighted by molar-refractivity contribution is 6.11. The number of hydrogen-bond acceptors (Lipinski definition) is 2. The number of rotatable bonds is 5. The van der Waals surface area contributed by atoms with E-state index in [0.29, 0.717) is 13.0 Å². The van der Waals surface area contributed by atoms with E-state index in [9.17, 15) is 4.79 Å². The van der Waals surface area contributed by atoms with E-state index in [0.717, 1.165) is 17.7 Å². The Morgan fingerprint density at radius 2 is 1.71 bits per heavy atom. The molecule has 0 saturated heterocycles. The fraction of sp³-hybridized carbons (Fsp3) is 0.240. The molecule has 3 nitrogen and oxygen atoms in total. The summed E-state index contributed by atoms with van der Waals surface area (Å²) >= 11 is 0. The SMILES string of the molecule is CCOC(=O)Cc1cc(C)c2c3ccccc3n(Cc3ccccc3)c2c1C. The molecule has 142 valence electrons. The van der Waals surface area contributed by atoms with Crippen LogP contribution in [0.25, 0.3) is 21.8 Å². The third-order valence-electron chi connectivity index (χ3n) is 5.42. The first kappa shape index (κ1) is 18.3. The van der Waals surface area contributed by atoms with Crippen LogP contribution in [-0.2, 0) is 22.5 Å². The zero-order valence-electron chi connectivity index (χ0n) is 16.7. The van der Waals surface area contributed by atoms with Gasteiger partial charge in [-0.1, -0.05) is 54.6 Å². The van der Waals surface area contributed by atoms with Crippen molar-refractivity contribution in [3.05, 3.63) is 82.9 Å². The molecule has 4 rings (SSSR count). The van der Waals surface area contributed by atoms with Crippen LogP contribution in [0.5, 0.6) is 0 Å². The number of aryl methyl sites for hydroxylation is 2. The van der Waals surface area contributed by atoms with Gasteiger partial charge in [-0.15, -0.1) is 0 Å². The average Bonchev–Trinajstić information content (AvgIpc) is 3.02. The smallest absolute Gasteiger partial charge is 0.310 e. The Hall–Kier alpha value is -3.07. The molecule has 0 aliphatic heterocycles. The quantitative estimate of drug-likeness (QED) is 0.430. The van der Waals surface area contributed by atoms with Crippen LogP contribution in [0.4, 0.5) is 0 Å². The maximum Gasteiger partial charge on any atom is 0.310 e. The van der Waals surface area contributed by atoms with Gasteiger partial charge in [-0.25, -0.2) is 0 Å². The van der Waals surface area contributed by atoms with E-state index in [1.54, 1.807) is 0 Å². The van der Waals surface area contributed by atoms with E-state index in [1.807, 2.05) is 13.0 Å². The summed E-state index contributed by atoms with van der Waals surface area (Å²) in [5.74, 6) is -0.171. The third kappa shape index (κ3) is 3.18. The maximum absolute atomic E-state index is 12.1. The first-order valence-corrected chi connectivity index (χ1v) is 9.79. The van der Waals surface area contributed by atoms with E-state index in [2.05, 4.69) is 73.0 Å². The monoisotopic (exact) mass is 371 g/mol. The molecule has 3 aromatic carbocycles. The number of fused-ring (bicyclic) bond motifs is 3. The molecule has 28 heavy (non-hydrogen) atoms. The standard InChI is InChI=1S/C25H25NO2/c1-4-28-23(27)15-20-14-17(2)24-21-12-8-9-13-22(21)26(25(24)18(20)3)16-19-10-6-5-7-11-19/h5-14H,4,15-16H2,1-3H3. The molecule has 0 fully saturated rings. The molecule has 1 heterocycles. The summed E-state index contributed by atoms with van der Waals surface area (Å²) in [6.07, 6.45) is 0.309. The average molecular weight is 371 g/mol. The fourth-order valence-electron chi connectivity index (χ4n) is 4.17. The van der Waals surface area contributed by atoms with E-state index in [1.165, 1.54) is 32.9 Å². The third-order valence-corrected chi connectivity index (χ3v) is 5.42. The Balaban J connectivity index is 1.97. The van der Waals surface area contributed by atoms with Gasteiger partial charge < -0.3 is 9.30 Å². The summed E-state index contributed by atoms with van der Waals surface area (Å²) in [5.41, 5.74) is 7.09. The van der Waals surface area contributed by atoms with Gasteiger partial charge >= 0.3 is 5.97 Å². The summed E-state index contributed by atoms with van der Waals surface area (Å²) in [6.45, 7) is 7.31. The second-order valence-corrected chi connectivity index (χ2v) is 7.27. The molecule has 4 aromatic rings. The molecule has 0 spiro atoms. The van der Waals surface area contributed by atoms with Gasteiger partial charge in [0.15, 0.2) is 0 Å². The van der Waals surface area contributed by atoms with Crippen LogP contribution >= 0.6 is 0 Å². The van der Waals surface area contributed by atoms with Crippen LogP contribution < -0.4 is 0 Å². The van der Waals surface area contributed by atoms with Crippen LogP contribution in [0.2, 0.25) is 0 Å². The van der Waals surface area contributed by atoms with Crippen LogP contribution in [0.15, 0.2) is 60.7 Å². The Labute approximate surface area is 165 Å². The Morgan fingerprint density at radius 3 is 2.46 bits per heavy atom. The van der Waals surface area contributed by atoms with Crippen molar-refractivity contribution in [3.8, 4) is 0 Å². The molecule has 1 aromatic heterocycles. The first-order valence-electron chi connectivity index (χ1n) is 9.79. The lowest BCUT2D eigenvalue weighted by Crippen LogP contribution is -2.10. The minimum Gasteiger partial charge on any atom is -0.466 e. The van der Waals surface area contributed by atoms with Crippen molar-refractivity contribution in [2.24, 2.45) is 0 Å². The highest BCUT2D eigenvalue weighted by Gasteiger charge is 2.18. The summed E-state index contributed by atoms with van der Waals surface area (Å²) in [4.78, 5) is 12.1. The lowest BCUT2D eigenvalue weighted by Gasteiger charge is -2.14. The summed E-state index contributed by atoms with van der Waals surface area (Å²) in [6, 6.07) is 21.2. The predicted molar refractivity (Wildman–Crippen MR) is 115 cm³/mol. The molecule has 0 aliphatic carbocycles. The van der Waals surface area contributed by atoms with Gasteiger partial charge in [0.05, 0.1) is 18.5 Å². The van der Waals surface area contributed by atoms with Gasteiger partial charge in [0.25, 0.3) is 0 Å². The number of benzene rings is 3. The number of carbonyl (C=O) groups is 1. The molecule has 0 atom stereocenters. The largest absolute Gasteiger partial charge is 0.466 e. The number of ether oxygens (including phenoxy) is 1. The lowest BCUT2D eigenvalue weighted by atomic mass is 9.97. The maximum atomic E-state index is 12.1. The predicted octanol–water partition coefficient (Wildman–Crippen LogP) is 5.57. The van der Waals surface area contributed by atoms with Gasteiger partial charge in [0.2, 0.25) is 0 Å². The molecule has 0 aliphatic rings. The first-order chi connectivity index (χ1) is 13.6. The Bertz CT molecular complexity index is 1160.